The third-order valence-corrected chi connectivity index (χ3v) is 5.39. The minimum Gasteiger partial charge on any atom is -0.392 e. The molecule has 28 heavy (non-hydrogen) atoms. The van der Waals surface area contributed by atoms with Crippen molar-refractivity contribution in [2.75, 3.05) is 0 Å². The van der Waals surface area contributed by atoms with Gasteiger partial charge in [-0.1, -0.05) is 50.4 Å². The van der Waals surface area contributed by atoms with Crippen LogP contribution in [-0.2, 0) is 6.61 Å². The highest BCUT2D eigenvalue weighted by molar-refractivity contribution is 6.31. The summed E-state index contributed by atoms with van der Waals surface area (Å²) < 4.78 is 15.9. The molecule has 0 spiro atoms. The maximum absolute atomic E-state index is 14.6. The number of aliphatic hydroxyl groups excluding tert-OH is 1. The fraction of sp³-hybridized carbons (Fsp3) is 0.348. The van der Waals surface area contributed by atoms with Crippen LogP contribution in [0.15, 0.2) is 47.4 Å². The molecule has 0 aliphatic heterocycles. The first-order valence-electron chi connectivity index (χ1n) is 9.75. The van der Waals surface area contributed by atoms with E-state index < -0.39 is 11.4 Å². The monoisotopic (exact) mass is 401 g/mol. The number of halogens is 2. The third-order valence-electron chi connectivity index (χ3n) is 5.04. The summed E-state index contributed by atoms with van der Waals surface area (Å²) in [7, 11) is 0. The minimum absolute atomic E-state index is 0.0609. The van der Waals surface area contributed by atoms with Crippen molar-refractivity contribution in [3.8, 4) is 5.69 Å². The number of aliphatic hydroxyl groups is 1. The van der Waals surface area contributed by atoms with E-state index in [-0.39, 0.29) is 12.0 Å². The van der Waals surface area contributed by atoms with Gasteiger partial charge in [-0.15, -0.1) is 0 Å². The minimum atomic E-state index is -0.499. The molecule has 1 aliphatic rings. The molecular weight excluding hydrogens is 377 g/mol. The Balaban J connectivity index is 0.000000516. The van der Waals surface area contributed by atoms with Gasteiger partial charge < -0.3 is 5.11 Å². The number of hydrogen-bond acceptors (Lipinski definition) is 2. The topological polar surface area (TPSA) is 42.2 Å². The van der Waals surface area contributed by atoms with E-state index in [4.69, 9.17) is 11.6 Å². The van der Waals surface area contributed by atoms with Gasteiger partial charge in [0.2, 0.25) is 0 Å². The molecular formula is C23H25ClFNO2. The number of aromatic nitrogens is 1. The molecule has 1 fully saturated rings. The van der Waals surface area contributed by atoms with Gasteiger partial charge in [0, 0.05) is 16.8 Å². The highest BCUT2D eigenvalue weighted by atomic mass is 35.5. The molecule has 1 aromatic heterocycles. The molecule has 0 radical (unpaired) electrons. The number of benzene rings is 2. The van der Waals surface area contributed by atoms with Crippen LogP contribution >= 0.6 is 11.6 Å². The van der Waals surface area contributed by atoms with Crippen LogP contribution in [0.25, 0.3) is 16.5 Å². The van der Waals surface area contributed by atoms with E-state index in [1.165, 1.54) is 23.5 Å². The summed E-state index contributed by atoms with van der Waals surface area (Å²) in [4.78, 5) is 12.8. The average Bonchev–Trinajstić information content (AvgIpc) is 3.53. The summed E-state index contributed by atoms with van der Waals surface area (Å²) >= 11 is 6.09. The van der Waals surface area contributed by atoms with Gasteiger partial charge in [-0.05, 0) is 54.0 Å². The summed E-state index contributed by atoms with van der Waals surface area (Å²) in [6.07, 6.45) is 6.39. The molecule has 0 atom stereocenters. The number of nitrogens with zero attached hydrogens (tertiary/aromatic N) is 1. The third kappa shape index (κ3) is 4.13. The SMILES string of the molecule is CCCC.O=c1c2c(F)cc(C3CC3)cc2ccn1-c1cccc(Cl)c1CO. The Morgan fingerprint density at radius 1 is 1.18 bits per heavy atom. The predicted octanol–water partition coefficient (Wildman–Crippen LogP) is 5.96. The maximum atomic E-state index is 14.6. The summed E-state index contributed by atoms with van der Waals surface area (Å²) in [5, 5.41) is 10.6. The molecule has 1 N–H and O–H groups in total. The average molecular weight is 402 g/mol. The highest BCUT2D eigenvalue weighted by Gasteiger charge is 2.25. The smallest absolute Gasteiger partial charge is 0.265 e. The Morgan fingerprint density at radius 3 is 2.50 bits per heavy atom. The van der Waals surface area contributed by atoms with Crippen LogP contribution in [0.2, 0.25) is 5.02 Å². The first-order valence-corrected chi connectivity index (χ1v) is 10.1. The van der Waals surface area contributed by atoms with Crippen molar-refractivity contribution < 1.29 is 9.50 Å². The van der Waals surface area contributed by atoms with E-state index in [1.54, 1.807) is 30.5 Å². The Bertz CT molecular complexity index is 1040. The van der Waals surface area contributed by atoms with E-state index >= 15 is 0 Å². The van der Waals surface area contributed by atoms with E-state index in [1.807, 2.05) is 6.07 Å². The lowest BCUT2D eigenvalue weighted by atomic mass is 10.0. The van der Waals surface area contributed by atoms with Crippen molar-refractivity contribution in [2.24, 2.45) is 0 Å². The lowest BCUT2D eigenvalue weighted by Crippen LogP contribution is -2.20. The molecule has 1 saturated carbocycles. The van der Waals surface area contributed by atoms with Gasteiger partial charge in [-0.2, -0.15) is 0 Å². The Morgan fingerprint density at radius 2 is 1.89 bits per heavy atom. The van der Waals surface area contributed by atoms with Gasteiger partial charge in [-0.25, -0.2) is 4.39 Å². The predicted molar refractivity (Wildman–Crippen MR) is 113 cm³/mol. The number of pyridine rings is 1. The molecule has 148 valence electrons. The molecule has 3 nitrogen and oxygen atoms in total. The molecule has 0 amide bonds. The van der Waals surface area contributed by atoms with Crippen molar-refractivity contribution in [1.82, 2.24) is 4.57 Å². The maximum Gasteiger partial charge on any atom is 0.265 e. The summed E-state index contributed by atoms with van der Waals surface area (Å²) in [5.41, 5.74) is 1.40. The van der Waals surface area contributed by atoms with Crippen LogP contribution < -0.4 is 5.56 Å². The van der Waals surface area contributed by atoms with Gasteiger partial charge in [0.1, 0.15) is 5.82 Å². The molecule has 5 heteroatoms. The number of hydrogen-bond donors (Lipinski definition) is 1. The van der Waals surface area contributed by atoms with Crippen LogP contribution in [0.1, 0.15) is 56.6 Å². The van der Waals surface area contributed by atoms with Gasteiger partial charge in [0.25, 0.3) is 5.56 Å². The van der Waals surface area contributed by atoms with E-state index in [2.05, 4.69) is 13.8 Å². The zero-order valence-electron chi connectivity index (χ0n) is 16.2. The first kappa shape index (κ1) is 20.6. The fourth-order valence-corrected chi connectivity index (χ4v) is 3.35. The second-order valence-corrected chi connectivity index (χ2v) is 7.53. The largest absolute Gasteiger partial charge is 0.392 e. The zero-order valence-corrected chi connectivity index (χ0v) is 17.0. The number of unbranched alkanes of at least 4 members (excludes halogenated alkanes) is 1. The zero-order chi connectivity index (χ0) is 20.3. The number of fused-ring (bicyclic) bond motifs is 1. The van der Waals surface area contributed by atoms with E-state index in [0.29, 0.717) is 27.6 Å². The van der Waals surface area contributed by atoms with Gasteiger partial charge >= 0.3 is 0 Å². The second-order valence-electron chi connectivity index (χ2n) is 7.13. The fourth-order valence-electron chi connectivity index (χ4n) is 3.12. The van der Waals surface area contributed by atoms with Crippen molar-refractivity contribution in [1.29, 1.82) is 0 Å². The van der Waals surface area contributed by atoms with Crippen molar-refractivity contribution >= 4 is 22.4 Å². The molecule has 2 aromatic carbocycles. The van der Waals surface area contributed by atoms with E-state index in [9.17, 15) is 14.3 Å². The molecule has 4 rings (SSSR count). The van der Waals surface area contributed by atoms with Crippen LogP contribution in [0.5, 0.6) is 0 Å². The molecule has 3 aromatic rings. The molecule has 1 aliphatic carbocycles. The molecule has 0 saturated heterocycles. The molecule has 1 heterocycles. The normalized spacial score (nSPS) is 13.3. The standard InChI is InChI=1S/C19H15ClFNO2.C4H10/c20-15-2-1-3-17(14(15)10-23)22-7-6-12-8-13(11-4-5-11)9-16(21)18(12)19(22)24;1-3-4-2/h1-3,6-9,11,23H,4-5,10H2;3-4H2,1-2H3. The first-order chi connectivity index (χ1) is 13.5. The Labute approximate surface area is 169 Å². The summed E-state index contributed by atoms with van der Waals surface area (Å²) in [6.45, 7) is 4.06. The lowest BCUT2D eigenvalue weighted by Gasteiger charge is -2.13. The Kier molecular flexibility index (Phi) is 6.53. The van der Waals surface area contributed by atoms with Gasteiger partial charge in [0.05, 0.1) is 17.7 Å². The van der Waals surface area contributed by atoms with Crippen LogP contribution in [0, 0.1) is 5.82 Å². The summed E-state index contributed by atoms with van der Waals surface area (Å²) in [6, 6.07) is 10.1. The molecule has 0 unspecified atom stereocenters. The number of rotatable bonds is 4. The van der Waals surface area contributed by atoms with Crippen LogP contribution in [0.3, 0.4) is 0 Å². The molecule has 0 bridgehead atoms. The van der Waals surface area contributed by atoms with Gasteiger partial charge in [-0.3, -0.25) is 9.36 Å². The van der Waals surface area contributed by atoms with Crippen LogP contribution in [-0.4, -0.2) is 9.67 Å². The Hall–Kier alpha value is -2.17. The van der Waals surface area contributed by atoms with Gasteiger partial charge in [0.15, 0.2) is 0 Å². The summed E-state index contributed by atoms with van der Waals surface area (Å²) in [5.74, 6) is -0.0819. The highest BCUT2D eigenvalue weighted by Crippen LogP contribution is 2.41. The van der Waals surface area contributed by atoms with E-state index in [0.717, 1.165) is 18.4 Å². The quantitative estimate of drug-likeness (QED) is 0.586. The van der Waals surface area contributed by atoms with Crippen molar-refractivity contribution in [3.05, 3.63) is 74.9 Å². The van der Waals surface area contributed by atoms with Crippen molar-refractivity contribution in [2.45, 2.75) is 52.1 Å². The second kappa shape index (κ2) is 8.89. The lowest BCUT2D eigenvalue weighted by molar-refractivity contribution is 0.281. The van der Waals surface area contributed by atoms with Crippen molar-refractivity contribution in [3.63, 3.8) is 0 Å². The van der Waals surface area contributed by atoms with Crippen LogP contribution in [0.4, 0.5) is 4.39 Å².